The maximum absolute atomic E-state index is 10.9. The number of carbonyl (C=O) groups is 1. The summed E-state index contributed by atoms with van der Waals surface area (Å²) >= 11 is 0. The smallest absolute Gasteiger partial charge is 0.308 e. The van der Waals surface area contributed by atoms with Crippen molar-refractivity contribution in [2.75, 3.05) is 0 Å². The van der Waals surface area contributed by atoms with Crippen LogP contribution in [0.25, 0.3) is 0 Å². The summed E-state index contributed by atoms with van der Waals surface area (Å²) in [5.74, 6) is 1.08. The van der Waals surface area contributed by atoms with Crippen molar-refractivity contribution in [1.82, 2.24) is 5.32 Å². The van der Waals surface area contributed by atoms with E-state index in [1.165, 1.54) is 25.7 Å². The van der Waals surface area contributed by atoms with E-state index in [2.05, 4.69) is 5.32 Å². The summed E-state index contributed by atoms with van der Waals surface area (Å²) in [6.45, 7) is 0. The fourth-order valence-electron chi connectivity index (χ4n) is 3.72. The molecule has 0 aromatic carbocycles. The Morgan fingerprint density at radius 1 is 1.07 bits per heavy atom. The number of aliphatic carboxylic acids is 1. The highest BCUT2D eigenvalue weighted by Crippen LogP contribution is 2.45. The fourth-order valence-corrected chi connectivity index (χ4v) is 3.72. The van der Waals surface area contributed by atoms with Gasteiger partial charge in [-0.25, -0.2) is 0 Å². The molecule has 0 aliphatic heterocycles. The maximum Gasteiger partial charge on any atom is 0.308 e. The van der Waals surface area contributed by atoms with Crippen molar-refractivity contribution in [2.45, 2.75) is 50.6 Å². The zero-order valence-electron chi connectivity index (χ0n) is 8.98. The van der Waals surface area contributed by atoms with Crippen LogP contribution in [0.15, 0.2) is 0 Å². The van der Waals surface area contributed by atoms with Gasteiger partial charge in [0.2, 0.25) is 0 Å². The molecule has 2 bridgehead atoms. The number of fused-ring (bicyclic) bond motifs is 2. The molecule has 0 heterocycles. The highest BCUT2D eigenvalue weighted by Gasteiger charge is 2.44. The van der Waals surface area contributed by atoms with Crippen LogP contribution < -0.4 is 5.32 Å². The van der Waals surface area contributed by atoms with Crippen LogP contribution in [0.5, 0.6) is 0 Å². The lowest BCUT2D eigenvalue weighted by Crippen LogP contribution is -2.52. The molecule has 3 saturated carbocycles. The van der Waals surface area contributed by atoms with Crippen molar-refractivity contribution in [2.24, 2.45) is 17.8 Å². The minimum Gasteiger partial charge on any atom is -0.481 e. The molecule has 3 aliphatic carbocycles. The van der Waals surface area contributed by atoms with Crippen LogP contribution in [-0.2, 0) is 4.79 Å². The fraction of sp³-hybridized carbons (Fsp3) is 0.917. The molecule has 3 aliphatic rings. The Bertz CT molecular complexity index is 279. The van der Waals surface area contributed by atoms with Crippen LogP contribution >= 0.6 is 0 Å². The lowest BCUT2D eigenvalue weighted by Gasteiger charge is -2.38. The Kier molecular flexibility index (Phi) is 2.23. The van der Waals surface area contributed by atoms with Crippen molar-refractivity contribution in [3.8, 4) is 0 Å². The molecule has 2 N–H and O–H groups in total. The second kappa shape index (κ2) is 3.48. The van der Waals surface area contributed by atoms with E-state index >= 15 is 0 Å². The Balaban J connectivity index is 1.56. The first kappa shape index (κ1) is 9.64. The predicted octanol–water partition coefficient (Wildman–Crippen LogP) is 1.63. The summed E-state index contributed by atoms with van der Waals surface area (Å²) in [6, 6.07) is 0.905. The van der Waals surface area contributed by atoms with Gasteiger partial charge in [-0.2, -0.15) is 0 Å². The quantitative estimate of drug-likeness (QED) is 0.742. The molecule has 3 heteroatoms. The van der Waals surface area contributed by atoms with Crippen LogP contribution in [0.1, 0.15) is 38.5 Å². The largest absolute Gasteiger partial charge is 0.481 e. The van der Waals surface area contributed by atoms with Crippen molar-refractivity contribution >= 4 is 5.97 Å². The van der Waals surface area contributed by atoms with Crippen molar-refractivity contribution in [3.63, 3.8) is 0 Å². The first-order valence-corrected chi connectivity index (χ1v) is 6.23. The van der Waals surface area contributed by atoms with E-state index in [1.54, 1.807) is 0 Å². The molecule has 3 rings (SSSR count). The van der Waals surface area contributed by atoms with Gasteiger partial charge in [-0.15, -0.1) is 0 Å². The Labute approximate surface area is 90.2 Å². The normalized spacial score (nSPS) is 47.9. The molecular weight excluding hydrogens is 190 g/mol. The van der Waals surface area contributed by atoms with Gasteiger partial charge in [0.05, 0.1) is 5.92 Å². The number of rotatable bonds is 3. The van der Waals surface area contributed by atoms with Gasteiger partial charge in [-0.1, -0.05) is 6.42 Å². The Morgan fingerprint density at radius 3 is 2.40 bits per heavy atom. The second-order valence-corrected chi connectivity index (χ2v) is 5.58. The van der Waals surface area contributed by atoms with Gasteiger partial charge in [-0.3, -0.25) is 4.79 Å². The van der Waals surface area contributed by atoms with E-state index < -0.39 is 5.97 Å². The molecule has 0 saturated heterocycles. The number of hydrogen-bond acceptors (Lipinski definition) is 2. The summed E-state index contributed by atoms with van der Waals surface area (Å²) in [5.41, 5.74) is 0. The first-order valence-electron chi connectivity index (χ1n) is 6.23. The lowest BCUT2D eigenvalue weighted by molar-refractivity contribution is -0.146. The molecule has 0 aromatic heterocycles. The standard InChI is InChI=1S/C12H19NO2/c14-12(15)9-3-4-10(9)13-11-6-7-1-2-8(11)5-7/h7-11,13H,1-6H2,(H,14,15). The third kappa shape index (κ3) is 1.57. The van der Waals surface area contributed by atoms with Gasteiger partial charge in [-0.05, 0) is 43.9 Å². The van der Waals surface area contributed by atoms with Crippen LogP contribution in [0.2, 0.25) is 0 Å². The Hall–Kier alpha value is -0.570. The maximum atomic E-state index is 10.9. The van der Waals surface area contributed by atoms with Gasteiger partial charge >= 0.3 is 5.97 Å². The molecule has 15 heavy (non-hydrogen) atoms. The topological polar surface area (TPSA) is 49.3 Å². The molecule has 5 atom stereocenters. The van der Waals surface area contributed by atoms with E-state index in [9.17, 15) is 4.79 Å². The number of carboxylic acid groups (broad SMARTS) is 1. The van der Waals surface area contributed by atoms with Crippen molar-refractivity contribution in [3.05, 3.63) is 0 Å². The lowest BCUT2D eigenvalue weighted by atomic mass is 9.78. The highest BCUT2D eigenvalue weighted by atomic mass is 16.4. The summed E-state index contributed by atoms with van der Waals surface area (Å²) in [4.78, 5) is 10.9. The average Bonchev–Trinajstić information content (AvgIpc) is 2.72. The van der Waals surface area contributed by atoms with E-state index in [1.807, 2.05) is 0 Å². The van der Waals surface area contributed by atoms with Crippen LogP contribution in [0.4, 0.5) is 0 Å². The molecule has 0 aromatic rings. The highest BCUT2D eigenvalue weighted by molar-refractivity contribution is 5.72. The summed E-state index contributed by atoms with van der Waals surface area (Å²) < 4.78 is 0. The van der Waals surface area contributed by atoms with E-state index in [0.717, 1.165) is 24.7 Å². The van der Waals surface area contributed by atoms with E-state index in [-0.39, 0.29) is 12.0 Å². The van der Waals surface area contributed by atoms with Crippen LogP contribution in [0.3, 0.4) is 0 Å². The van der Waals surface area contributed by atoms with Crippen molar-refractivity contribution < 1.29 is 9.90 Å². The van der Waals surface area contributed by atoms with E-state index in [4.69, 9.17) is 5.11 Å². The third-order valence-corrected chi connectivity index (χ3v) is 4.76. The monoisotopic (exact) mass is 209 g/mol. The summed E-state index contributed by atoms with van der Waals surface area (Å²) in [6.07, 6.45) is 7.40. The van der Waals surface area contributed by atoms with Gasteiger partial charge in [0, 0.05) is 12.1 Å². The summed E-state index contributed by atoms with van der Waals surface area (Å²) in [5, 5.41) is 12.6. The second-order valence-electron chi connectivity index (χ2n) is 5.58. The summed E-state index contributed by atoms with van der Waals surface area (Å²) in [7, 11) is 0. The SMILES string of the molecule is O=C(O)C1CCC1NC1CC2CCC1C2. The number of nitrogens with one attached hydrogen (secondary N) is 1. The predicted molar refractivity (Wildman–Crippen MR) is 56.5 cm³/mol. The van der Waals surface area contributed by atoms with Gasteiger partial charge in [0.1, 0.15) is 0 Å². The van der Waals surface area contributed by atoms with E-state index in [0.29, 0.717) is 6.04 Å². The first-order chi connectivity index (χ1) is 7.24. The molecule has 84 valence electrons. The van der Waals surface area contributed by atoms with Crippen molar-refractivity contribution in [1.29, 1.82) is 0 Å². The molecule has 0 spiro atoms. The minimum atomic E-state index is -0.609. The number of carboxylic acids is 1. The van der Waals surface area contributed by atoms with Gasteiger partial charge in [0.15, 0.2) is 0 Å². The molecule has 3 fully saturated rings. The van der Waals surface area contributed by atoms with Crippen LogP contribution in [0, 0.1) is 17.8 Å². The zero-order valence-corrected chi connectivity index (χ0v) is 8.98. The van der Waals surface area contributed by atoms with Crippen LogP contribution in [-0.4, -0.2) is 23.2 Å². The molecular formula is C12H19NO2. The zero-order chi connectivity index (χ0) is 10.4. The number of hydrogen-bond donors (Lipinski definition) is 2. The molecule has 0 amide bonds. The Morgan fingerprint density at radius 2 is 1.93 bits per heavy atom. The van der Waals surface area contributed by atoms with Gasteiger partial charge < -0.3 is 10.4 Å². The molecule has 5 unspecified atom stereocenters. The van der Waals surface area contributed by atoms with Gasteiger partial charge in [0.25, 0.3) is 0 Å². The minimum absolute atomic E-state index is 0.107. The average molecular weight is 209 g/mol. The third-order valence-electron chi connectivity index (χ3n) is 4.76. The molecule has 0 radical (unpaired) electrons. The molecule has 3 nitrogen and oxygen atoms in total.